The molecule has 1 aromatic heterocycles. The Morgan fingerprint density at radius 2 is 2.00 bits per heavy atom. The van der Waals surface area contributed by atoms with Gasteiger partial charge < -0.3 is 10.3 Å². The van der Waals surface area contributed by atoms with E-state index < -0.39 is 0 Å². The number of halogens is 2. The molecule has 0 bridgehead atoms. The summed E-state index contributed by atoms with van der Waals surface area (Å²) in [7, 11) is 0. The average Bonchev–Trinajstić information content (AvgIpc) is 3.31. The van der Waals surface area contributed by atoms with Gasteiger partial charge in [-0.3, -0.25) is 0 Å². The second-order valence-corrected chi connectivity index (χ2v) is 6.56. The average molecular weight is 336 g/mol. The zero-order valence-corrected chi connectivity index (χ0v) is 12.5. The Morgan fingerprint density at radius 1 is 1.25 bits per heavy atom. The fraction of sp³-hybridized carbons (Fsp3) is 0.400. The summed E-state index contributed by atoms with van der Waals surface area (Å²) in [6.45, 7) is 0. The van der Waals surface area contributed by atoms with Crippen molar-refractivity contribution in [3.05, 3.63) is 34.3 Å². The first-order valence-corrected chi connectivity index (χ1v) is 7.77. The molecule has 0 atom stereocenters. The molecule has 0 spiro atoms. The third-order valence-electron chi connectivity index (χ3n) is 4.01. The van der Waals surface area contributed by atoms with Crippen molar-refractivity contribution in [1.82, 2.24) is 9.55 Å². The molecule has 0 radical (unpaired) electrons. The zero-order valence-electron chi connectivity index (χ0n) is 10.9. The SMILES string of the molecule is Nc1c(-c2cc(F)ccc2Br)nc(C2CC2)n1C1CC1. The quantitative estimate of drug-likeness (QED) is 0.911. The number of benzene rings is 1. The van der Waals surface area contributed by atoms with Crippen LogP contribution in [0.25, 0.3) is 11.3 Å². The van der Waals surface area contributed by atoms with Crippen LogP contribution in [0.4, 0.5) is 10.2 Å². The van der Waals surface area contributed by atoms with Crippen molar-refractivity contribution < 1.29 is 4.39 Å². The van der Waals surface area contributed by atoms with Gasteiger partial charge in [0.1, 0.15) is 23.2 Å². The van der Waals surface area contributed by atoms with Crippen LogP contribution in [0, 0.1) is 5.82 Å². The van der Waals surface area contributed by atoms with Crippen LogP contribution in [-0.4, -0.2) is 9.55 Å². The maximum absolute atomic E-state index is 13.5. The summed E-state index contributed by atoms with van der Waals surface area (Å²) in [4.78, 5) is 4.75. The van der Waals surface area contributed by atoms with Gasteiger partial charge in [-0.2, -0.15) is 0 Å². The molecule has 1 heterocycles. The maximum Gasteiger partial charge on any atom is 0.132 e. The Bertz CT molecular complexity index is 687. The van der Waals surface area contributed by atoms with Gasteiger partial charge in [-0.1, -0.05) is 15.9 Å². The fourth-order valence-corrected chi connectivity index (χ4v) is 3.12. The number of anilines is 1. The lowest BCUT2D eigenvalue weighted by Crippen LogP contribution is -2.04. The van der Waals surface area contributed by atoms with Gasteiger partial charge in [0.05, 0.1) is 0 Å². The van der Waals surface area contributed by atoms with Crippen molar-refractivity contribution in [1.29, 1.82) is 0 Å². The van der Waals surface area contributed by atoms with E-state index in [1.165, 1.54) is 37.8 Å². The molecule has 2 N–H and O–H groups in total. The molecule has 5 heteroatoms. The number of nitrogen functional groups attached to an aromatic ring is 1. The molecule has 0 saturated heterocycles. The van der Waals surface area contributed by atoms with Gasteiger partial charge in [0, 0.05) is 22.0 Å². The van der Waals surface area contributed by atoms with E-state index in [2.05, 4.69) is 20.5 Å². The third kappa shape index (κ3) is 1.95. The van der Waals surface area contributed by atoms with E-state index in [9.17, 15) is 4.39 Å². The highest BCUT2D eigenvalue weighted by Crippen LogP contribution is 2.48. The number of aromatic nitrogens is 2. The van der Waals surface area contributed by atoms with Crippen molar-refractivity contribution in [2.75, 3.05) is 5.73 Å². The predicted octanol–water partition coefficient (Wildman–Crippen LogP) is 4.25. The molecule has 20 heavy (non-hydrogen) atoms. The summed E-state index contributed by atoms with van der Waals surface area (Å²) >= 11 is 3.47. The molecule has 2 aliphatic carbocycles. The molecule has 2 fully saturated rings. The van der Waals surface area contributed by atoms with E-state index in [1.807, 2.05) is 0 Å². The van der Waals surface area contributed by atoms with Crippen LogP contribution in [0.15, 0.2) is 22.7 Å². The highest BCUT2D eigenvalue weighted by Gasteiger charge is 2.36. The van der Waals surface area contributed by atoms with Gasteiger partial charge in [0.25, 0.3) is 0 Å². The molecule has 0 amide bonds. The molecule has 1 aromatic carbocycles. The lowest BCUT2D eigenvalue weighted by Gasteiger charge is -2.07. The minimum atomic E-state index is -0.267. The van der Waals surface area contributed by atoms with Gasteiger partial charge in [-0.05, 0) is 43.9 Å². The Morgan fingerprint density at radius 3 is 2.65 bits per heavy atom. The van der Waals surface area contributed by atoms with E-state index in [1.54, 1.807) is 6.07 Å². The molecular formula is C15H15BrFN3. The van der Waals surface area contributed by atoms with Gasteiger partial charge in [0.15, 0.2) is 0 Å². The van der Waals surface area contributed by atoms with E-state index >= 15 is 0 Å². The standard InChI is InChI=1S/C15H15BrFN3/c16-12-6-3-9(17)7-11(12)13-14(18)20(10-4-5-10)15(19-13)8-1-2-8/h3,6-8,10H,1-2,4-5,18H2. The molecule has 2 aromatic rings. The highest BCUT2D eigenvalue weighted by molar-refractivity contribution is 9.10. The zero-order chi connectivity index (χ0) is 13.9. The van der Waals surface area contributed by atoms with Crippen molar-refractivity contribution in [3.63, 3.8) is 0 Å². The molecule has 2 aliphatic rings. The normalized spacial score (nSPS) is 18.5. The van der Waals surface area contributed by atoms with Crippen LogP contribution in [0.3, 0.4) is 0 Å². The number of hydrogen-bond acceptors (Lipinski definition) is 2. The van der Waals surface area contributed by atoms with Gasteiger partial charge in [-0.15, -0.1) is 0 Å². The predicted molar refractivity (Wildman–Crippen MR) is 80.0 cm³/mol. The summed E-state index contributed by atoms with van der Waals surface area (Å²) in [6, 6.07) is 5.14. The Balaban J connectivity index is 1.89. The van der Waals surface area contributed by atoms with E-state index in [0.29, 0.717) is 23.5 Å². The van der Waals surface area contributed by atoms with Crippen LogP contribution < -0.4 is 5.73 Å². The summed E-state index contributed by atoms with van der Waals surface area (Å²) in [6.07, 6.45) is 4.72. The lowest BCUT2D eigenvalue weighted by atomic mass is 10.1. The molecule has 0 aliphatic heterocycles. The van der Waals surface area contributed by atoms with Gasteiger partial charge in [-0.25, -0.2) is 9.37 Å². The van der Waals surface area contributed by atoms with Crippen molar-refractivity contribution in [3.8, 4) is 11.3 Å². The molecule has 3 nitrogen and oxygen atoms in total. The molecule has 0 unspecified atom stereocenters. The minimum absolute atomic E-state index is 0.267. The minimum Gasteiger partial charge on any atom is -0.383 e. The second-order valence-electron chi connectivity index (χ2n) is 5.70. The summed E-state index contributed by atoms with van der Waals surface area (Å²) in [5.74, 6) is 2.05. The molecule has 104 valence electrons. The van der Waals surface area contributed by atoms with Crippen LogP contribution in [0.2, 0.25) is 0 Å². The van der Waals surface area contributed by atoms with Crippen molar-refractivity contribution in [2.45, 2.75) is 37.6 Å². The van der Waals surface area contributed by atoms with Crippen LogP contribution in [0.5, 0.6) is 0 Å². The first-order chi connectivity index (χ1) is 9.65. The topological polar surface area (TPSA) is 43.8 Å². The second kappa shape index (κ2) is 4.32. The first kappa shape index (κ1) is 12.4. The van der Waals surface area contributed by atoms with Crippen molar-refractivity contribution >= 4 is 21.7 Å². The summed E-state index contributed by atoms with van der Waals surface area (Å²) < 4.78 is 16.5. The number of hydrogen-bond donors (Lipinski definition) is 1. The molecule has 4 rings (SSSR count). The smallest absolute Gasteiger partial charge is 0.132 e. The van der Waals surface area contributed by atoms with Crippen LogP contribution in [-0.2, 0) is 0 Å². The van der Waals surface area contributed by atoms with Crippen LogP contribution >= 0.6 is 15.9 Å². The fourth-order valence-electron chi connectivity index (χ4n) is 2.69. The molecular weight excluding hydrogens is 321 g/mol. The lowest BCUT2D eigenvalue weighted by molar-refractivity contribution is 0.628. The largest absolute Gasteiger partial charge is 0.383 e. The number of imidazole rings is 1. The number of nitrogens with two attached hydrogens (primary N) is 1. The third-order valence-corrected chi connectivity index (χ3v) is 4.70. The van der Waals surface area contributed by atoms with Crippen molar-refractivity contribution in [2.24, 2.45) is 0 Å². The van der Waals surface area contributed by atoms with Crippen LogP contribution in [0.1, 0.15) is 43.5 Å². The Kier molecular flexibility index (Phi) is 2.67. The van der Waals surface area contributed by atoms with E-state index in [-0.39, 0.29) is 5.82 Å². The van der Waals surface area contributed by atoms with Gasteiger partial charge in [0.2, 0.25) is 0 Å². The van der Waals surface area contributed by atoms with E-state index in [4.69, 9.17) is 10.7 Å². The Labute approximate surface area is 125 Å². The first-order valence-electron chi connectivity index (χ1n) is 6.98. The maximum atomic E-state index is 13.5. The molecule has 2 saturated carbocycles. The number of rotatable bonds is 3. The summed E-state index contributed by atoms with van der Waals surface area (Å²) in [5.41, 5.74) is 7.77. The highest BCUT2D eigenvalue weighted by atomic mass is 79.9. The monoisotopic (exact) mass is 335 g/mol. The number of nitrogens with zero attached hydrogens (tertiary/aromatic N) is 2. The van der Waals surface area contributed by atoms with Gasteiger partial charge >= 0.3 is 0 Å². The van der Waals surface area contributed by atoms with E-state index in [0.717, 1.165) is 15.9 Å². The Hall–Kier alpha value is -1.36. The summed E-state index contributed by atoms with van der Waals surface area (Å²) in [5, 5.41) is 0.